The number of carbonyl (C=O) groups is 2. The summed E-state index contributed by atoms with van der Waals surface area (Å²) >= 11 is 0. The number of hydrogen-bond donors (Lipinski definition) is 3. The zero-order chi connectivity index (χ0) is 15.8. The molecule has 1 aromatic rings. The van der Waals surface area contributed by atoms with E-state index in [0.29, 0.717) is 29.9 Å². The average Bonchev–Trinajstić information content (AvgIpc) is 2.47. The Labute approximate surface area is 125 Å². The summed E-state index contributed by atoms with van der Waals surface area (Å²) in [6.45, 7) is 4.46. The van der Waals surface area contributed by atoms with Crippen molar-refractivity contribution in [1.82, 2.24) is 5.32 Å². The van der Waals surface area contributed by atoms with Crippen LogP contribution in [0.15, 0.2) is 18.2 Å². The van der Waals surface area contributed by atoms with E-state index in [1.807, 2.05) is 13.8 Å². The lowest BCUT2D eigenvalue weighted by Crippen LogP contribution is -2.33. The largest absolute Gasteiger partial charge is 0.465 e. The second-order valence-corrected chi connectivity index (χ2v) is 4.85. The zero-order valence-electron chi connectivity index (χ0n) is 12.7. The van der Waals surface area contributed by atoms with Crippen molar-refractivity contribution in [3.05, 3.63) is 23.8 Å². The second-order valence-electron chi connectivity index (χ2n) is 4.85. The third-order valence-electron chi connectivity index (χ3n) is 3.16. The Morgan fingerprint density at radius 2 is 2.10 bits per heavy atom. The van der Waals surface area contributed by atoms with E-state index >= 15 is 0 Å². The van der Waals surface area contributed by atoms with Gasteiger partial charge in [-0.25, -0.2) is 4.79 Å². The molecule has 21 heavy (non-hydrogen) atoms. The first-order valence-corrected chi connectivity index (χ1v) is 6.99. The van der Waals surface area contributed by atoms with Crippen molar-refractivity contribution in [2.75, 3.05) is 24.7 Å². The Hall–Kier alpha value is -2.24. The lowest BCUT2D eigenvalue weighted by Gasteiger charge is -2.13. The molecule has 0 radical (unpaired) electrons. The van der Waals surface area contributed by atoms with Crippen molar-refractivity contribution in [2.45, 2.75) is 32.7 Å². The smallest absolute Gasteiger partial charge is 0.337 e. The Morgan fingerprint density at radius 1 is 1.38 bits per heavy atom. The number of carbonyl (C=O) groups excluding carboxylic acids is 2. The van der Waals surface area contributed by atoms with E-state index in [-0.39, 0.29) is 11.9 Å². The molecule has 0 aliphatic rings. The molecular weight excluding hydrogens is 270 g/mol. The summed E-state index contributed by atoms with van der Waals surface area (Å²) in [6, 6.07) is 5.06. The van der Waals surface area contributed by atoms with Crippen LogP contribution in [0.2, 0.25) is 0 Å². The standard InChI is InChI=1S/C15H23N3O3/c1-4-10(2)18-14(19)7-8-17-13-6-5-11(9-12(13)16)15(20)21-3/h5-6,9-10,17H,4,7-8,16H2,1-3H3,(H,18,19). The summed E-state index contributed by atoms with van der Waals surface area (Å²) in [4.78, 5) is 23.0. The molecule has 0 spiro atoms. The maximum absolute atomic E-state index is 11.6. The normalized spacial score (nSPS) is 11.6. The fraction of sp³-hybridized carbons (Fsp3) is 0.467. The van der Waals surface area contributed by atoms with Gasteiger partial charge in [0.25, 0.3) is 0 Å². The van der Waals surface area contributed by atoms with Crippen LogP contribution in [0.25, 0.3) is 0 Å². The number of amides is 1. The molecule has 0 aliphatic carbocycles. The van der Waals surface area contributed by atoms with E-state index in [0.717, 1.165) is 6.42 Å². The molecule has 1 unspecified atom stereocenters. The fourth-order valence-corrected chi connectivity index (χ4v) is 1.73. The molecule has 0 saturated heterocycles. The molecule has 116 valence electrons. The Bertz CT molecular complexity index is 503. The van der Waals surface area contributed by atoms with E-state index in [4.69, 9.17) is 5.73 Å². The number of esters is 1. The predicted octanol–water partition coefficient (Wildman–Crippen LogP) is 1.77. The van der Waals surface area contributed by atoms with E-state index in [1.165, 1.54) is 7.11 Å². The van der Waals surface area contributed by atoms with Crippen LogP contribution in [0.3, 0.4) is 0 Å². The van der Waals surface area contributed by atoms with Crippen molar-refractivity contribution < 1.29 is 14.3 Å². The second kappa shape index (κ2) is 8.14. The van der Waals surface area contributed by atoms with Gasteiger partial charge < -0.3 is 21.1 Å². The highest BCUT2D eigenvalue weighted by molar-refractivity contribution is 5.91. The summed E-state index contributed by atoms with van der Waals surface area (Å²) in [6.07, 6.45) is 1.27. The molecule has 6 nitrogen and oxygen atoms in total. The van der Waals surface area contributed by atoms with E-state index < -0.39 is 5.97 Å². The van der Waals surface area contributed by atoms with E-state index in [9.17, 15) is 9.59 Å². The highest BCUT2D eigenvalue weighted by Gasteiger charge is 2.09. The zero-order valence-corrected chi connectivity index (χ0v) is 12.7. The topological polar surface area (TPSA) is 93.5 Å². The minimum Gasteiger partial charge on any atom is -0.465 e. The van der Waals surface area contributed by atoms with Crippen molar-refractivity contribution in [2.24, 2.45) is 0 Å². The number of rotatable bonds is 7. The molecule has 0 bridgehead atoms. The molecule has 4 N–H and O–H groups in total. The summed E-state index contributed by atoms with van der Waals surface area (Å²) in [7, 11) is 1.32. The van der Waals surface area contributed by atoms with Gasteiger partial charge in [0, 0.05) is 19.0 Å². The highest BCUT2D eigenvalue weighted by Crippen LogP contribution is 2.20. The molecule has 1 aromatic carbocycles. The highest BCUT2D eigenvalue weighted by atomic mass is 16.5. The van der Waals surface area contributed by atoms with Crippen LogP contribution in [0.1, 0.15) is 37.0 Å². The number of nitrogens with two attached hydrogens (primary N) is 1. The molecule has 1 atom stereocenters. The maximum Gasteiger partial charge on any atom is 0.337 e. The van der Waals surface area contributed by atoms with Crippen LogP contribution >= 0.6 is 0 Å². The van der Waals surface area contributed by atoms with Gasteiger partial charge in [0.15, 0.2) is 0 Å². The van der Waals surface area contributed by atoms with E-state index in [2.05, 4.69) is 15.4 Å². The summed E-state index contributed by atoms with van der Waals surface area (Å²) in [5, 5.41) is 5.97. The number of nitrogens with one attached hydrogen (secondary N) is 2. The van der Waals surface area contributed by atoms with Gasteiger partial charge in [-0.05, 0) is 31.5 Å². The molecule has 6 heteroatoms. The number of methoxy groups -OCH3 is 1. The van der Waals surface area contributed by atoms with Crippen LogP contribution in [-0.2, 0) is 9.53 Å². The molecule has 0 heterocycles. The van der Waals surface area contributed by atoms with Gasteiger partial charge in [0.1, 0.15) is 0 Å². The van der Waals surface area contributed by atoms with Gasteiger partial charge >= 0.3 is 5.97 Å². The van der Waals surface area contributed by atoms with Gasteiger partial charge in [-0.1, -0.05) is 6.92 Å². The average molecular weight is 293 g/mol. The molecule has 1 amide bonds. The summed E-state index contributed by atoms with van der Waals surface area (Å²) in [5.41, 5.74) is 7.40. The molecule has 1 rings (SSSR count). The van der Waals surface area contributed by atoms with Crippen LogP contribution in [0.4, 0.5) is 11.4 Å². The summed E-state index contributed by atoms with van der Waals surface area (Å²) in [5.74, 6) is -0.428. The Morgan fingerprint density at radius 3 is 2.67 bits per heavy atom. The van der Waals surface area contributed by atoms with Gasteiger partial charge in [-0.2, -0.15) is 0 Å². The summed E-state index contributed by atoms with van der Waals surface area (Å²) < 4.78 is 4.62. The van der Waals surface area contributed by atoms with Gasteiger partial charge in [0.2, 0.25) is 5.91 Å². The third kappa shape index (κ3) is 5.33. The van der Waals surface area contributed by atoms with Crippen LogP contribution in [0, 0.1) is 0 Å². The predicted molar refractivity (Wildman–Crippen MR) is 83.2 cm³/mol. The third-order valence-corrected chi connectivity index (χ3v) is 3.16. The van der Waals surface area contributed by atoms with Gasteiger partial charge in [-0.15, -0.1) is 0 Å². The fourth-order valence-electron chi connectivity index (χ4n) is 1.73. The number of anilines is 2. The van der Waals surface area contributed by atoms with Crippen molar-refractivity contribution in [3.63, 3.8) is 0 Å². The van der Waals surface area contributed by atoms with Crippen molar-refractivity contribution >= 4 is 23.3 Å². The Kier molecular flexibility index (Phi) is 6.52. The van der Waals surface area contributed by atoms with Crippen LogP contribution in [0.5, 0.6) is 0 Å². The minimum absolute atomic E-state index is 0.00148. The molecule has 0 aromatic heterocycles. The number of benzene rings is 1. The Balaban J connectivity index is 2.49. The lowest BCUT2D eigenvalue weighted by atomic mass is 10.1. The minimum atomic E-state index is -0.429. The van der Waals surface area contributed by atoms with Crippen molar-refractivity contribution in [1.29, 1.82) is 0 Å². The maximum atomic E-state index is 11.6. The number of ether oxygens (including phenoxy) is 1. The van der Waals surface area contributed by atoms with Gasteiger partial charge in [0.05, 0.1) is 24.0 Å². The first-order chi connectivity index (χ1) is 9.97. The first-order valence-electron chi connectivity index (χ1n) is 6.99. The molecule has 0 fully saturated rings. The molecule has 0 saturated carbocycles. The van der Waals surface area contributed by atoms with Crippen LogP contribution < -0.4 is 16.4 Å². The van der Waals surface area contributed by atoms with Crippen molar-refractivity contribution in [3.8, 4) is 0 Å². The monoisotopic (exact) mass is 293 g/mol. The van der Waals surface area contributed by atoms with Gasteiger partial charge in [-0.3, -0.25) is 4.79 Å². The SMILES string of the molecule is CCC(C)NC(=O)CCNc1ccc(C(=O)OC)cc1N. The van der Waals surface area contributed by atoms with Crippen LogP contribution in [-0.4, -0.2) is 31.6 Å². The first kappa shape index (κ1) is 16.8. The number of nitrogen functional groups attached to an aromatic ring is 1. The molecular formula is C15H23N3O3. The number of hydrogen-bond acceptors (Lipinski definition) is 5. The quantitative estimate of drug-likeness (QED) is 0.526. The van der Waals surface area contributed by atoms with E-state index in [1.54, 1.807) is 18.2 Å². The molecule has 0 aliphatic heterocycles. The lowest BCUT2D eigenvalue weighted by molar-refractivity contribution is -0.121.